The van der Waals surface area contributed by atoms with E-state index in [1.54, 1.807) is 23.4 Å². The molecule has 1 aliphatic rings. The number of pyridine rings is 1. The van der Waals surface area contributed by atoms with Gasteiger partial charge in [0.15, 0.2) is 11.6 Å². The molecule has 0 bridgehead atoms. The van der Waals surface area contributed by atoms with Crippen molar-refractivity contribution >= 4 is 11.8 Å². The molecule has 0 saturated carbocycles. The molecule has 0 spiro atoms. The summed E-state index contributed by atoms with van der Waals surface area (Å²) in [4.78, 5) is 30.3. The van der Waals surface area contributed by atoms with Gasteiger partial charge in [-0.05, 0) is 29.3 Å². The summed E-state index contributed by atoms with van der Waals surface area (Å²) in [6.45, 7) is 1.54. The van der Waals surface area contributed by atoms with Gasteiger partial charge in [-0.25, -0.2) is 8.78 Å². The maximum atomic E-state index is 13.4. The van der Waals surface area contributed by atoms with Crippen LogP contribution < -0.4 is 10.6 Å². The molecular formula is C19H20F2N4O2. The van der Waals surface area contributed by atoms with Gasteiger partial charge in [0, 0.05) is 38.6 Å². The number of carbonyl (C=O) groups excluding carboxylic acids is 2. The largest absolute Gasteiger partial charge is 0.353 e. The standard InChI is InChI=1S/C19H20F2N4O2/c20-15-4-3-13(8-16(15)21)12-25-7-6-23-19(27)17(25)9-18(26)24-11-14-2-1-5-22-10-14/h1-5,8,10,17H,6-7,9,11-12H2,(H,23,27)(H,24,26). The van der Waals surface area contributed by atoms with Crippen LogP contribution in [0.4, 0.5) is 8.78 Å². The molecule has 0 aliphatic carbocycles. The molecule has 3 rings (SSSR count). The molecule has 2 amide bonds. The first-order chi connectivity index (χ1) is 13.0. The molecule has 1 saturated heterocycles. The molecule has 142 valence electrons. The van der Waals surface area contributed by atoms with Gasteiger partial charge in [0.25, 0.3) is 0 Å². The Hall–Kier alpha value is -2.87. The minimum atomic E-state index is -0.931. The van der Waals surface area contributed by atoms with Crippen molar-refractivity contribution in [2.45, 2.75) is 25.6 Å². The van der Waals surface area contributed by atoms with E-state index in [-0.39, 0.29) is 24.8 Å². The molecule has 8 heteroatoms. The van der Waals surface area contributed by atoms with Gasteiger partial charge in [-0.1, -0.05) is 12.1 Å². The minimum absolute atomic E-state index is 0.0181. The first kappa shape index (κ1) is 18.9. The third kappa shape index (κ3) is 5.07. The highest BCUT2D eigenvalue weighted by Crippen LogP contribution is 2.16. The molecule has 2 N–H and O–H groups in total. The van der Waals surface area contributed by atoms with Gasteiger partial charge < -0.3 is 10.6 Å². The van der Waals surface area contributed by atoms with Crippen LogP contribution in [0.15, 0.2) is 42.7 Å². The van der Waals surface area contributed by atoms with E-state index in [4.69, 9.17) is 0 Å². The minimum Gasteiger partial charge on any atom is -0.353 e. The molecule has 1 aromatic carbocycles. The van der Waals surface area contributed by atoms with Crippen LogP contribution in [-0.4, -0.2) is 40.8 Å². The molecule has 2 heterocycles. The van der Waals surface area contributed by atoms with Crippen LogP contribution in [0.25, 0.3) is 0 Å². The first-order valence-electron chi connectivity index (χ1n) is 8.64. The van der Waals surface area contributed by atoms with Crippen LogP contribution in [0, 0.1) is 11.6 Å². The zero-order chi connectivity index (χ0) is 19.2. The van der Waals surface area contributed by atoms with E-state index in [1.807, 2.05) is 6.07 Å². The van der Waals surface area contributed by atoms with Crippen molar-refractivity contribution in [3.05, 3.63) is 65.5 Å². The van der Waals surface area contributed by atoms with Crippen molar-refractivity contribution in [3.8, 4) is 0 Å². The van der Waals surface area contributed by atoms with E-state index in [1.165, 1.54) is 6.07 Å². The summed E-state index contributed by atoms with van der Waals surface area (Å²) in [5, 5.41) is 5.52. The fraction of sp³-hybridized carbons (Fsp3) is 0.316. The van der Waals surface area contributed by atoms with Gasteiger partial charge in [0.2, 0.25) is 11.8 Å². The van der Waals surface area contributed by atoms with E-state index in [0.29, 0.717) is 25.2 Å². The summed E-state index contributed by atoms with van der Waals surface area (Å²) >= 11 is 0. The number of halogens is 2. The zero-order valence-electron chi connectivity index (χ0n) is 14.6. The normalized spacial score (nSPS) is 17.4. The summed E-state index contributed by atoms with van der Waals surface area (Å²) in [7, 11) is 0. The second kappa shape index (κ2) is 8.68. The van der Waals surface area contributed by atoms with E-state index in [9.17, 15) is 18.4 Å². The molecule has 1 aliphatic heterocycles. The van der Waals surface area contributed by atoms with E-state index >= 15 is 0 Å². The lowest BCUT2D eigenvalue weighted by Crippen LogP contribution is -2.56. The molecule has 0 radical (unpaired) electrons. The highest BCUT2D eigenvalue weighted by molar-refractivity contribution is 5.88. The summed E-state index contributed by atoms with van der Waals surface area (Å²) in [5.74, 6) is -2.36. The van der Waals surface area contributed by atoms with Crippen molar-refractivity contribution in [1.82, 2.24) is 20.5 Å². The number of rotatable bonds is 6. The maximum Gasteiger partial charge on any atom is 0.237 e. The Bertz CT molecular complexity index is 817. The highest BCUT2D eigenvalue weighted by atomic mass is 19.2. The number of aromatic nitrogens is 1. The van der Waals surface area contributed by atoms with Gasteiger partial charge in [0.1, 0.15) is 0 Å². The Morgan fingerprint density at radius 1 is 1.26 bits per heavy atom. The number of piperazine rings is 1. The second-order valence-electron chi connectivity index (χ2n) is 6.37. The van der Waals surface area contributed by atoms with E-state index in [2.05, 4.69) is 15.6 Å². The van der Waals surface area contributed by atoms with Gasteiger partial charge in [-0.15, -0.1) is 0 Å². The Balaban J connectivity index is 1.62. The van der Waals surface area contributed by atoms with Crippen LogP contribution >= 0.6 is 0 Å². The van der Waals surface area contributed by atoms with Gasteiger partial charge >= 0.3 is 0 Å². The highest BCUT2D eigenvalue weighted by Gasteiger charge is 2.31. The number of nitrogens with zero attached hydrogens (tertiary/aromatic N) is 2. The smallest absolute Gasteiger partial charge is 0.237 e. The molecule has 1 atom stereocenters. The molecular weight excluding hydrogens is 354 g/mol. The van der Waals surface area contributed by atoms with Crippen molar-refractivity contribution < 1.29 is 18.4 Å². The van der Waals surface area contributed by atoms with Crippen LogP contribution in [0.1, 0.15) is 17.5 Å². The number of carbonyl (C=O) groups is 2. The molecule has 6 nitrogen and oxygen atoms in total. The van der Waals surface area contributed by atoms with E-state index < -0.39 is 17.7 Å². The van der Waals surface area contributed by atoms with Crippen LogP contribution in [-0.2, 0) is 22.7 Å². The predicted molar refractivity (Wildman–Crippen MR) is 94.3 cm³/mol. The second-order valence-corrected chi connectivity index (χ2v) is 6.37. The third-order valence-electron chi connectivity index (χ3n) is 4.40. The van der Waals surface area contributed by atoms with Gasteiger partial charge in [0.05, 0.1) is 12.5 Å². The Morgan fingerprint density at radius 3 is 2.85 bits per heavy atom. The number of hydrogen-bond acceptors (Lipinski definition) is 4. The molecule has 2 aromatic rings. The SMILES string of the molecule is O=C(CC1C(=O)NCCN1Cc1ccc(F)c(F)c1)NCc1cccnc1. The Morgan fingerprint density at radius 2 is 2.11 bits per heavy atom. The van der Waals surface area contributed by atoms with Gasteiger partial charge in [-0.2, -0.15) is 0 Å². The fourth-order valence-corrected chi connectivity index (χ4v) is 3.00. The van der Waals surface area contributed by atoms with Crippen molar-refractivity contribution in [1.29, 1.82) is 0 Å². The molecule has 1 aromatic heterocycles. The van der Waals surface area contributed by atoms with Crippen LogP contribution in [0.5, 0.6) is 0 Å². The first-order valence-corrected chi connectivity index (χ1v) is 8.64. The van der Waals surface area contributed by atoms with Crippen molar-refractivity contribution in [2.24, 2.45) is 0 Å². The Labute approximate surface area is 155 Å². The summed E-state index contributed by atoms with van der Waals surface area (Å²) in [5.41, 5.74) is 1.40. The average Bonchev–Trinajstić information content (AvgIpc) is 2.67. The molecule has 1 fully saturated rings. The van der Waals surface area contributed by atoms with Crippen molar-refractivity contribution in [3.63, 3.8) is 0 Å². The van der Waals surface area contributed by atoms with Crippen molar-refractivity contribution in [2.75, 3.05) is 13.1 Å². The average molecular weight is 374 g/mol. The van der Waals surface area contributed by atoms with E-state index in [0.717, 1.165) is 17.7 Å². The summed E-state index contributed by atoms with van der Waals surface area (Å²) in [6, 6.07) is 6.60. The number of nitrogens with one attached hydrogen (secondary N) is 2. The number of hydrogen-bond donors (Lipinski definition) is 2. The molecule has 27 heavy (non-hydrogen) atoms. The topological polar surface area (TPSA) is 74.3 Å². The Kier molecular flexibility index (Phi) is 6.08. The number of amides is 2. The predicted octanol–water partition coefficient (Wildman–Crippen LogP) is 1.37. The van der Waals surface area contributed by atoms with Crippen LogP contribution in [0.3, 0.4) is 0 Å². The fourth-order valence-electron chi connectivity index (χ4n) is 3.00. The monoisotopic (exact) mass is 374 g/mol. The maximum absolute atomic E-state index is 13.4. The van der Waals surface area contributed by atoms with Gasteiger partial charge in [-0.3, -0.25) is 19.5 Å². The quantitative estimate of drug-likeness (QED) is 0.801. The summed E-state index contributed by atoms with van der Waals surface area (Å²) < 4.78 is 26.5. The lowest BCUT2D eigenvalue weighted by Gasteiger charge is -2.34. The molecule has 1 unspecified atom stereocenters. The lowest BCUT2D eigenvalue weighted by atomic mass is 10.1. The number of benzene rings is 1. The zero-order valence-corrected chi connectivity index (χ0v) is 14.6. The lowest BCUT2D eigenvalue weighted by molar-refractivity contribution is -0.134. The third-order valence-corrected chi connectivity index (χ3v) is 4.40. The van der Waals surface area contributed by atoms with Crippen LogP contribution in [0.2, 0.25) is 0 Å². The summed E-state index contributed by atoms with van der Waals surface area (Å²) in [6.07, 6.45) is 3.28.